The third-order valence-corrected chi connectivity index (χ3v) is 9.10. The molecular formula is C38H47N3O10. The number of likely N-dealkylation sites (N-methyl/N-ethyl adjacent to an activating group) is 1. The van der Waals surface area contributed by atoms with Crippen LogP contribution in [0.4, 0.5) is 5.69 Å². The van der Waals surface area contributed by atoms with Crippen LogP contribution in [0, 0.1) is 5.92 Å². The molecule has 1 aromatic heterocycles. The SMILES string of the molecule is CNC[C@H](O)[C@@H](O)[C@H](O)[C@H](O)CO.O=C(O)c1cc(NC(=O)c2cc(-c3ccc4ccccc4c3)[nH]c2CC2CCCCCC2)cc(C(=O)O)c1. The quantitative estimate of drug-likeness (QED) is 0.0903. The van der Waals surface area contributed by atoms with Gasteiger partial charge in [-0.15, -0.1) is 0 Å². The summed E-state index contributed by atoms with van der Waals surface area (Å²) in [5, 5.41) is 71.3. The van der Waals surface area contributed by atoms with Gasteiger partial charge in [-0.05, 0) is 66.1 Å². The molecule has 0 unspecified atom stereocenters. The Hall–Kier alpha value is -4.63. The summed E-state index contributed by atoms with van der Waals surface area (Å²) < 4.78 is 0. The van der Waals surface area contributed by atoms with Gasteiger partial charge < -0.3 is 51.4 Å². The van der Waals surface area contributed by atoms with Gasteiger partial charge in [0, 0.05) is 23.6 Å². The predicted molar refractivity (Wildman–Crippen MR) is 192 cm³/mol. The van der Waals surface area contributed by atoms with E-state index in [2.05, 4.69) is 39.9 Å². The molecule has 1 amide bonds. The van der Waals surface area contributed by atoms with E-state index in [1.165, 1.54) is 37.8 Å². The van der Waals surface area contributed by atoms with Crippen molar-refractivity contribution in [2.45, 2.75) is 69.4 Å². The number of nitrogens with one attached hydrogen (secondary N) is 3. The Labute approximate surface area is 295 Å². The van der Waals surface area contributed by atoms with Crippen LogP contribution >= 0.6 is 0 Å². The van der Waals surface area contributed by atoms with Gasteiger partial charge in [-0.25, -0.2) is 9.59 Å². The highest BCUT2D eigenvalue weighted by Crippen LogP contribution is 2.31. The number of aromatic nitrogens is 1. The molecule has 1 heterocycles. The van der Waals surface area contributed by atoms with Crippen molar-refractivity contribution in [3.63, 3.8) is 0 Å². The number of aromatic amines is 1. The summed E-state index contributed by atoms with van der Waals surface area (Å²) in [6.07, 6.45) is 2.18. The highest BCUT2D eigenvalue weighted by Gasteiger charge is 2.29. The van der Waals surface area contributed by atoms with Crippen LogP contribution in [-0.2, 0) is 6.42 Å². The zero-order chi connectivity index (χ0) is 37.1. The average Bonchev–Trinajstić information content (AvgIpc) is 3.38. The van der Waals surface area contributed by atoms with Crippen molar-refractivity contribution in [3.8, 4) is 11.3 Å². The molecule has 0 spiro atoms. The fourth-order valence-electron chi connectivity index (χ4n) is 6.27. The molecule has 0 bridgehead atoms. The van der Waals surface area contributed by atoms with Crippen LogP contribution < -0.4 is 10.6 Å². The Morgan fingerprint density at radius 1 is 0.784 bits per heavy atom. The summed E-state index contributed by atoms with van der Waals surface area (Å²) in [6, 6.07) is 19.7. The van der Waals surface area contributed by atoms with E-state index in [4.69, 9.17) is 20.4 Å². The number of aromatic carboxylic acids is 2. The number of hydrogen-bond acceptors (Lipinski definition) is 9. The second-order valence-corrected chi connectivity index (χ2v) is 12.9. The first kappa shape index (κ1) is 39.2. The van der Waals surface area contributed by atoms with Crippen LogP contribution in [0.2, 0.25) is 0 Å². The van der Waals surface area contributed by atoms with Gasteiger partial charge >= 0.3 is 11.9 Å². The fraction of sp³-hybridized carbons (Fsp3) is 0.395. The molecule has 4 aromatic rings. The fourth-order valence-corrected chi connectivity index (χ4v) is 6.27. The van der Waals surface area contributed by atoms with E-state index in [1.54, 1.807) is 7.05 Å². The number of carboxylic acids is 2. The van der Waals surface area contributed by atoms with Gasteiger partial charge in [-0.1, -0.05) is 74.9 Å². The summed E-state index contributed by atoms with van der Waals surface area (Å²) in [7, 11) is 1.57. The number of anilines is 1. The summed E-state index contributed by atoms with van der Waals surface area (Å²) in [5.74, 6) is -2.47. The Morgan fingerprint density at radius 2 is 1.39 bits per heavy atom. The number of aliphatic hydroxyl groups is 5. The molecule has 1 aliphatic rings. The molecule has 4 atom stereocenters. The molecule has 274 valence electrons. The lowest BCUT2D eigenvalue weighted by Gasteiger charge is -2.25. The van der Waals surface area contributed by atoms with Crippen LogP contribution in [0.25, 0.3) is 22.0 Å². The molecular weight excluding hydrogens is 658 g/mol. The first-order valence-corrected chi connectivity index (χ1v) is 17.0. The first-order chi connectivity index (χ1) is 24.4. The molecule has 1 aliphatic carbocycles. The number of amides is 1. The molecule has 3 aromatic carbocycles. The normalized spacial score (nSPS) is 15.9. The minimum atomic E-state index is -1.55. The average molecular weight is 706 g/mol. The monoisotopic (exact) mass is 705 g/mol. The van der Waals surface area contributed by atoms with Crippen molar-refractivity contribution in [1.29, 1.82) is 0 Å². The van der Waals surface area contributed by atoms with E-state index >= 15 is 0 Å². The summed E-state index contributed by atoms with van der Waals surface area (Å²) in [4.78, 5) is 40.1. The number of carbonyl (C=O) groups excluding carboxylic acids is 1. The highest BCUT2D eigenvalue weighted by molar-refractivity contribution is 6.07. The van der Waals surface area contributed by atoms with Crippen molar-refractivity contribution in [1.82, 2.24) is 10.3 Å². The topological polar surface area (TPSA) is 233 Å². The Kier molecular flexibility index (Phi) is 14.3. The predicted octanol–water partition coefficient (Wildman–Crippen LogP) is 3.64. The van der Waals surface area contributed by atoms with Gasteiger partial charge in [0.05, 0.1) is 29.4 Å². The second kappa shape index (κ2) is 18.6. The van der Waals surface area contributed by atoms with E-state index in [1.807, 2.05) is 24.3 Å². The van der Waals surface area contributed by atoms with Crippen molar-refractivity contribution >= 4 is 34.3 Å². The number of aliphatic hydroxyl groups excluding tert-OH is 5. The van der Waals surface area contributed by atoms with Gasteiger partial charge in [0.15, 0.2) is 0 Å². The van der Waals surface area contributed by atoms with E-state index in [9.17, 15) is 29.7 Å². The number of benzene rings is 3. The lowest BCUT2D eigenvalue weighted by molar-refractivity contribution is -0.113. The zero-order valence-electron chi connectivity index (χ0n) is 28.5. The number of hydrogen-bond donors (Lipinski definition) is 10. The molecule has 13 heteroatoms. The van der Waals surface area contributed by atoms with Gasteiger partial charge in [0.1, 0.15) is 18.3 Å². The maximum Gasteiger partial charge on any atom is 0.335 e. The van der Waals surface area contributed by atoms with Crippen LogP contribution in [0.15, 0.2) is 66.7 Å². The summed E-state index contributed by atoms with van der Waals surface area (Å²) >= 11 is 0. The summed E-state index contributed by atoms with van der Waals surface area (Å²) in [6.45, 7) is -0.569. The summed E-state index contributed by atoms with van der Waals surface area (Å²) in [5.41, 5.74) is 2.83. The molecule has 10 N–H and O–H groups in total. The number of carbonyl (C=O) groups is 3. The van der Waals surface area contributed by atoms with Crippen molar-refractivity contribution < 1.29 is 50.1 Å². The number of H-pyrrole nitrogens is 1. The molecule has 5 rings (SSSR count). The van der Waals surface area contributed by atoms with Gasteiger partial charge in [0.25, 0.3) is 5.91 Å². The molecule has 13 nitrogen and oxygen atoms in total. The van der Waals surface area contributed by atoms with E-state index in [0.29, 0.717) is 11.5 Å². The van der Waals surface area contributed by atoms with Crippen molar-refractivity contribution in [2.75, 3.05) is 25.5 Å². The second-order valence-electron chi connectivity index (χ2n) is 12.9. The number of carboxylic acid groups (broad SMARTS) is 2. The lowest BCUT2D eigenvalue weighted by Crippen LogP contribution is -2.48. The van der Waals surface area contributed by atoms with Gasteiger partial charge in [-0.2, -0.15) is 0 Å². The molecule has 51 heavy (non-hydrogen) atoms. The van der Waals surface area contributed by atoms with E-state index < -0.39 is 48.9 Å². The molecule has 0 aliphatic heterocycles. The van der Waals surface area contributed by atoms with Crippen molar-refractivity contribution in [2.24, 2.45) is 5.92 Å². The maximum absolute atomic E-state index is 13.5. The smallest absolute Gasteiger partial charge is 0.335 e. The Morgan fingerprint density at radius 3 is 1.98 bits per heavy atom. The standard InChI is InChI=1S/C31H30N2O5.C7H17NO5/c34-29(32-25-16-23(30(35)36)15-24(17-25)31(37)38)26-18-27(22-12-11-20-9-5-6-10-21(20)14-22)33-28(26)13-19-7-3-1-2-4-8-19;1-8-2-4(10)6(12)7(13)5(11)3-9/h5-6,9-12,14-19,33H,1-4,7-8,13H2,(H,32,34)(H,35,36)(H,37,38);4-13H,2-3H2,1H3/t;4-,5+,6+,7+/m.0/s1. The Bertz CT molecular complexity index is 1750. The lowest BCUT2D eigenvalue weighted by atomic mass is 9.93. The maximum atomic E-state index is 13.5. The minimum Gasteiger partial charge on any atom is -0.478 e. The Balaban J connectivity index is 0.000000383. The largest absolute Gasteiger partial charge is 0.478 e. The van der Waals surface area contributed by atoms with Crippen LogP contribution in [-0.4, -0.2) is 103 Å². The van der Waals surface area contributed by atoms with Crippen molar-refractivity contribution in [3.05, 3.63) is 89.1 Å². The molecule has 0 radical (unpaired) electrons. The third-order valence-electron chi connectivity index (χ3n) is 9.10. The van der Waals surface area contributed by atoms with Crippen LogP contribution in [0.3, 0.4) is 0 Å². The first-order valence-electron chi connectivity index (χ1n) is 17.0. The molecule has 0 saturated heterocycles. The number of fused-ring (bicyclic) bond motifs is 1. The number of rotatable bonds is 13. The zero-order valence-corrected chi connectivity index (χ0v) is 28.5. The van der Waals surface area contributed by atoms with E-state index in [0.717, 1.165) is 53.1 Å². The van der Waals surface area contributed by atoms with Crippen LogP contribution in [0.1, 0.15) is 75.3 Å². The minimum absolute atomic E-state index is 0.0936. The van der Waals surface area contributed by atoms with Gasteiger partial charge in [0.2, 0.25) is 0 Å². The van der Waals surface area contributed by atoms with Gasteiger partial charge in [-0.3, -0.25) is 4.79 Å². The molecule has 1 fully saturated rings. The van der Waals surface area contributed by atoms with Crippen LogP contribution in [0.5, 0.6) is 0 Å². The third kappa shape index (κ3) is 10.7. The molecule has 1 saturated carbocycles. The van der Waals surface area contributed by atoms with E-state index in [-0.39, 0.29) is 23.4 Å². The highest BCUT2D eigenvalue weighted by atomic mass is 16.4.